The maximum absolute atomic E-state index is 11.6. The van der Waals surface area contributed by atoms with Gasteiger partial charge in [-0.15, -0.1) is 0 Å². The van der Waals surface area contributed by atoms with Crippen LogP contribution in [0.2, 0.25) is 10.2 Å². The Morgan fingerprint density at radius 1 is 1.38 bits per heavy atom. The highest BCUT2D eigenvalue weighted by molar-refractivity contribution is 6.34. The molecule has 0 aliphatic heterocycles. The van der Waals surface area contributed by atoms with Gasteiger partial charge >= 0.3 is 0 Å². The van der Waals surface area contributed by atoms with Crippen LogP contribution in [0.3, 0.4) is 0 Å². The first kappa shape index (κ1) is 13.2. The van der Waals surface area contributed by atoms with Gasteiger partial charge in [-0.1, -0.05) is 23.2 Å². The number of pyridine rings is 1. The lowest BCUT2D eigenvalue weighted by atomic mass is 10.3. The monoisotopic (exact) mass is 264 g/mol. The van der Waals surface area contributed by atoms with Gasteiger partial charge in [-0.2, -0.15) is 0 Å². The van der Waals surface area contributed by atoms with Gasteiger partial charge in [0.2, 0.25) is 0 Å². The number of carbonyl (C=O) groups excluding carboxylic acids is 1. The van der Waals surface area contributed by atoms with Crippen molar-refractivity contribution in [2.45, 2.75) is 6.04 Å². The molecule has 0 atom stereocenters. The van der Waals surface area contributed by atoms with E-state index in [4.69, 9.17) is 33.4 Å². The molecule has 1 aromatic heterocycles. The lowest BCUT2D eigenvalue weighted by Crippen LogP contribution is -2.40. The van der Waals surface area contributed by atoms with Gasteiger partial charge in [0.1, 0.15) is 10.8 Å². The van der Waals surface area contributed by atoms with Crippen LogP contribution in [0, 0.1) is 0 Å². The van der Waals surface area contributed by atoms with Gasteiger partial charge in [-0.05, 0) is 12.1 Å². The summed E-state index contributed by atoms with van der Waals surface area (Å²) in [6, 6.07) is 2.15. The Labute approximate surface area is 102 Å². The molecule has 0 bridgehead atoms. The molecule has 88 valence electrons. The Hall–Kier alpha value is -0.880. The second kappa shape index (κ2) is 6.00. The molecule has 1 rings (SSSR count). The van der Waals surface area contributed by atoms with Gasteiger partial charge in [-0.3, -0.25) is 4.79 Å². The number of amides is 1. The van der Waals surface area contributed by atoms with Crippen LogP contribution < -0.4 is 5.32 Å². The lowest BCUT2D eigenvalue weighted by Gasteiger charge is -2.13. The zero-order valence-electron chi connectivity index (χ0n) is 8.15. The Balaban J connectivity index is 2.83. The first-order valence-electron chi connectivity index (χ1n) is 4.43. The summed E-state index contributed by atoms with van der Waals surface area (Å²) in [6.07, 6.45) is 0. The third-order valence-electron chi connectivity index (χ3n) is 1.80. The number of rotatable bonds is 4. The van der Waals surface area contributed by atoms with Crippen LogP contribution in [0.5, 0.6) is 0 Å². The van der Waals surface area contributed by atoms with Crippen molar-refractivity contribution in [2.24, 2.45) is 0 Å². The summed E-state index contributed by atoms with van der Waals surface area (Å²) >= 11 is 11.4. The van der Waals surface area contributed by atoms with E-state index < -0.39 is 11.9 Å². The SMILES string of the molecule is O=C(NC(CO)CO)c1nc(Cl)ccc1Cl. The highest BCUT2D eigenvalue weighted by atomic mass is 35.5. The number of halogens is 2. The summed E-state index contributed by atoms with van der Waals surface area (Å²) in [7, 11) is 0. The molecule has 0 fully saturated rings. The highest BCUT2D eigenvalue weighted by Gasteiger charge is 2.16. The van der Waals surface area contributed by atoms with Gasteiger partial charge in [0.05, 0.1) is 24.3 Å². The number of nitrogens with zero attached hydrogens (tertiary/aromatic N) is 1. The largest absolute Gasteiger partial charge is 0.394 e. The predicted molar refractivity (Wildman–Crippen MR) is 59.7 cm³/mol. The zero-order valence-corrected chi connectivity index (χ0v) is 9.66. The molecule has 0 saturated heterocycles. The van der Waals surface area contributed by atoms with E-state index in [-0.39, 0.29) is 29.1 Å². The van der Waals surface area contributed by atoms with Gasteiger partial charge < -0.3 is 15.5 Å². The maximum Gasteiger partial charge on any atom is 0.271 e. The van der Waals surface area contributed by atoms with Crippen molar-refractivity contribution in [3.8, 4) is 0 Å². The van der Waals surface area contributed by atoms with E-state index in [0.29, 0.717) is 0 Å². The Morgan fingerprint density at radius 2 is 2.00 bits per heavy atom. The second-order valence-electron chi connectivity index (χ2n) is 3.00. The van der Waals surface area contributed by atoms with Crippen molar-refractivity contribution in [1.82, 2.24) is 10.3 Å². The predicted octanol–water partition coefficient (Wildman–Crippen LogP) is 0.471. The minimum Gasteiger partial charge on any atom is -0.394 e. The summed E-state index contributed by atoms with van der Waals surface area (Å²) in [5.74, 6) is -0.597. The molecule has 1 aromatic rings. The van der Waals surface area contributed by atoms with Gasteiger partial charge in [0, 0.05) is 0 Å². The summed E-state index contributed by atoms with van der Waals surface area (Å²) in [6.45, 7) is -0.749. The molecule has 0 saturated carbocycles. The molecular formula is C9H10Cl2N2O3. The molecular weight excluding hydrogens is 255 g/mol. The van der Waals surface area contributed by atoms with E-state index in [1.807, 2.05) is 0 Å². The van der Waals surface area contributed by atoms with E-state index in [0.717, 1.165) is 0 Å². The molecule has 0 spiro atoms. The third-order valence-corrected chi connectivity index (χ3v) is 2.32. The first-order chi connectivity index (χ1) is 7.58. The molecule has 1 amide bonds. The van der Waals surface area contributed by atoms with Crippen LogP contribution in [0.1, 0.15) is 10.5 Å². The average Bonchev–Trinajstić information content (AvgIpc) is 2.28. The number of carbonyl (C=O) groups is 1. The summed E-state index contributed by atoms with van der Waals surface area (Å²) in [5, 5.41) is 20.2. The van der Waals surface area contributed by atoms with Crippen molar-refractivity contribution in [3.63, 3.8) is 0 Å². The second-order valence-corrected chi connectivity index (χ2v) is 3.79. The highest BCUT2D eigenvalue weighted by Crippen LogP contribution is 2.16. The number of hydrogen-bond acceptors (Lipinski definition) is 4. The molecule has 0 aliphatic rings. The van der Waals surface area contributed by atoms with Crippen LogP contribution in [-0.4, -0.2) is 40.4 Å². The molecule has 1 heterocycles. The van der Waals surface area contributed by atoms with Crippen molar-refractivity contribution in [2.75, 3.05) is 13.2 Å². The third kappa shape index (κ3) is 3.31. The zero-order chi connectivity index (χ0) is 12.1. The van der Waals surface area contributed by atoms with E-state index in [1.165, 1.54) is 12.1 Å². The van der Waals surface area contributed by atoms with Crippen LogP contribution in [0.4, 0.5) is 0 Å². The Morgan fingerprint density at radius 3 is 2.56 bits per heavy atom. The van der Waals surface area contributed by atoms with Crippen LogP contribution in [0.15, 0.2) is 12.1 Å². The Bertz CT molecular complexity index is 383. The quantitative estimate of drug-likeness (QED) is 0.691. The van der Waals surface area contributed by atoms with Crippen LogP contribution in [-0.2, 0) is 0 Å². The molecule has 0 aliphatic carbocycles. The minimum absolute atomic E-state index is 0.0407. The normalized spacial score (nSPS) is 10.6. The lowest BCUT2D eigenvalue weighted by molar-refractivity contribution is 0.0874. The van der Waals surface area contributed by atoms with Crippen LogP contribution >= 0.6 is 23.2 Å². The maximum atomic E-state index is 11.6. The fourth-order valence-corrected chi connectivity index (χ4v) is 1.32. The number of aliphatic hydroxyl groups excluding tert-OH is 2. The smallest absolute Gasteiger partial charge is 0.271 e. The fourth-order valence-electron chi connectivity index (χ4n) is 0.980. The van der Waals surface area contributed by atoms with E-state index in [1.54, 1.807) is 0 Å². The summed E-state index contributed by atoms with van der Waals surface area (Å²) in [5.41, 5.74) is -0.0407. The average molecular weight is 265 g/mol. The standard InChI is InChI=1S/C9H10Cl2N2O3/c10-6-1-2-7(11)13-8(6)9(16)12-5(3-14)4-15/h1-2,5,14-15H,3-4H2,(H,12,16). The van der Waals surface area contributed by atoms with E-state index >= 15 is 0 Å². The molecule has 0 aromatic carbocycles. The molecule has 0 unspecified atom stereocenters. The molecule has 5 nitrogen and oxygen atoms in total. The van der Waals surface area contributed by atoms with Gasteiger partial charge in [-0.25, -0.2) is 4.98 Å². The summed E-state index contributed by atoms with van der Waals surface area (Å²) < 4.78 is 0. The topological polar surface area (TPSA) is 82.5 Å². The molecule has 0 radical (unpaired) electrons. The van der Waals surface area contributed by atoms with Crippen molar-refractivity contribution in [3.05, 3.63) is 28.0 Å². The fraction of sp³-hybridized carbons (Fsp3) is 0.333. The van der Waals surface area contributed by atoms with Gasteiger partial charge in [0.15, 0.2) is 0 Å². The van der Waals surface area contributed by atoms with Crippen LogP contribution in [0.25, 0.3) is 0 Å². The van der Waals surface area contributed by atoms with E-state index in [2.05, 4.69) is 10.3 Å². The molecule has 3 N–H and O–H groups in total. The van der Waals surface area contributed by atoms with Crippen molar-refractivity contribution in [1.29, 1.82) is 0 Å². The number of hydrogen-bond donors (Lipinski definition) is 3. The van der Waals surface area contributed by atoms with E-state index in [9.17, 15) is 4.79 Å². The van der Waals surface area contributed by atoms with Crippen molar-refractivity contribution >= 4 is 29.1 Å². The summed E-state index contributed by atoms with van der Waals surface area (Å²) in [4.78, 5) is 15.4. The minimum atomic E-state index is -0.746. The Kier molecular flexibility index (Phi) is 4.95. The first-order valence-corrected chi connectivity index (χ1v) is 5.18. The number of nitrogens with one attached hydrogen (secondary N) is 1. The number of aromatic nitrogens is 1. The van der Waals surface area contributed by atoms with Gasteiger partial charge in [0.25, 0.3) is 5.91 Å². The molecule has 16 heavy (non-hydrogen) atoms. The molecule has 7 heteroatoms. The van der Waals surface area contributed by atoms with Crippen molar-refractivity contribution < 1.29 is 15.0 Å². The number of aliphatic hydroxyl groups is 2.